The highest BCUT2D eigenvalue weighted by atomic mass is 16.2. The number of nitrogens with zero attached hydrogens (tertiary/aromatic N) is 1. The Morgan fingerprint density at radius 1 is 1.36 bits per heavy atom. The van der Waals surface area contributed by atoms with Gasteiger partial charge in [0.05, 0.1) is 5.54 Å². The molecule has 0 unspecified atom stereocenters. The number of hydrogen-bond acceptors (Lipinski definition) is 4. The number of hydrogen-bond donors (Lipinski definition) is 3. The normalized spacial score (nSPS) is 21.7. The first-order valence-electron chi connectivity index (χ1n) is 8.30. The largest absolute Gasteiger partial charge is 0.402 e. The lowest BCUT2D eigenvalue weighted by atomic mass is 9.97. The smallest absolute Gasteiger partial charge is 0.251 e. The molecule has 0 radical (unpaired) electrons. The van der Waals surface area contributed by atoms with E-state index >= 15 is 0 Å². The summed E-state index contributed by atoms with van der Waals surface area (Å²) in [5.74, 6) is -0.0818. The third kappa shape index (κ3) is 4.92. The van der Waals surface area contributed by atoms with Crippen LogP contribution in [-0.4, -0.2) is 29.2 Å². The predicted molar refractivity (Wildman–Crippen MR) is 99.3 cm³/mol. The molecule has 25 heavy (non-hydrogen) atoms. The van der Waals surface area contributed by atoms with Gasteiger partial charge in [-0.2, -0.15) is 0 Å². The lowest BCUT2D eigenvalue weighted by molar-refractivity contribution is -0.121. The average Bonchev–Trinajstić information content (AvgIpc) is 2.47. The second kappa shape index (κ2) is 7.09. The van der Waals surface area contributed by atoms with Gasteiger partial charge in [0.2, 0.25) is 5.91 Å². The van der Waals surface area contributed by atoms with Crippen molar-refractivity contribution in [3.63, 3.8) is 0 Å². The minimum absolute atomic E-state index is 0.283. The summed E-state index contributed by atoms with van der Waals surface area (Å²) >= 11 is 0. The molecule has 1 saturated heterocycles. The molecule has 1 fully saturated rings. The van der Waals surface area contributed by atoms with Crippen molar-refractivity contribution >= 4 is 17.6 Å². The van der Waals surface area contributed by atoms with Crippen LogP contribution in [0.4, 0.5) is 0 Å². The number of carbonyl (C=O) groups is 2. The molecule has 0 bridgehead atoms. The zero-order valence-electron chi connectivity index (χ0n) is 15.4. The Balaban J connectivity index is 2.22. The number of benzene rings is 1. The minimum atomic E-state index is -0.680. The number of rotatable bonds is 2. The number of amidine groups is 1. The van der Waals surface area contributed by atoms with E-state index in [2.05, 4.69) is 15.6 Å². The molecule has 1 heterocycles. The highest BCUT2D eigenvalue weighted by molar-refractivity contribution is 6.13. The van der Waals surface area contributed by atoms with Crippen molar-refractivity contribution in [2.75, 3.05) is 0 Å². The number of aryl methyl sites for hydroxylation is 1. The molecule has 134 valence electrons. The van der Waals surface area contributed by atoms with E-state index in [1.165, 1.54) is 0 Å². The van der Waals surface area contributed by atoms with Gasteiger partial charge >= 0.3 is 0 Å². The molecule has 2 rings (SSSR count). The molecule has 2 amide bonds. The van der Waals surface area contributed by atoms with Crippen LogP contribution < -0.4 is 16.4 Å². The van der Waals surface area contributed by atoms with Gasteiger partial charge in [0.15, 0.2) is 0 Å². The quantitative estimate of drug-likeness (QED) is 0.767. The van der Waals surface area contributed by atoms with Gasteiger partial charge in [0, 0.05) is 23.3 Å². The Labute approximate surface area is 148 Å². The number of nitrogens with one attached hydrogen (secondary N) is 2. The highest BCUT2D eigenvalue weighted by Gasteiger charge is 2.32. The van der Waals surface area contributed by atoms with Crippen LogP contribution >= 0.6 is 0 Å². The van der Waals surface area contributed by atoms with E-state index in [4.69, 9.17) is 5.73 Å². The molecule has 1 aromatic carbocycles. The zero-order valence-corrected chi connectivity index (χ0v) is 15.4. The van der Waals surface area contributed by atoms with Gasteiger partial charge in [-0.15, -0.1) is 0 Å². The highest BCUT2D eigenvalue weighted by Crippen LogP contribution is 2.19. The molecule has 0 spiro atoms. The van der Waals surface area contributed by atoms with E-state index in [9.17, 15) is 9.59 Å². The van der Waals surface area contributed by atoms with Crippen LogP contribution in [0.15, 0.2) is 40.5 Å². The number of nitrogens with two attached hydrogens (primary N) is 1. The van der Waals surface area contributed by atoms with Gasteiger partial charge in [0.1, 0.15) is 11.9 Å². The van der Waals surface area contributed by atoms with Gasteiger partial charge in [-0.1, -0.05) is 17.7 Å². The number of amides is 2. The molecule has 0 saturated carbocycles. The lowest BCUT2D eigenvalue weighted by Gasteiger charge is -2.29. The fourth-order valence-corrected chi connectivity index (χ4v) is 2.60. The summed E-state index contributed by atoms with van der Waals surface area (Å²) in [6.45, 7) is 9.52. The summed E-state index contributed by atoms with van der Waals surface area (Å²) in [6, 6.07) is 6.56. The summed E-state index contributed by atoms with van der Waals surface area (Å²) in [5, 5.41) is 5.57. The molecule has 4 N–H and O–H groups in total. The fraction of sp³-hybridized carbons (Fsp3) is 0.421. The zero-order chi connectivity index (χ0) is 18.8. The number of carbonyl (C=O) groups excluding carboxylic acids is 2. The van der Waals surface area contributed by atoms with Crippen LogP contribution in [0.3, 0.4) is 0 Å². The summed E-state index contributed by atoms with van der Waals surface area (Å²) < 4.78 is 0. The minimum Gasteiger partial charge on any atom is -0.402 e. The maximum absolute atomic E-state index is 12.4. The lowest BCUT2D eigenvalue weighted by Crippen LogP contribution is -2.54. The van der Waals surface area contributed by atoms with E-state index in [1.54, 1.807) is 19.1 Å². The Morgan fingerprint density at radius 2 is 2.04 bits per heavy atom. The van der Waals surface area contributed by atoms with E-state index in [0.29, 0.717) is 23.5 Å². The van der Waals surface area contributed by atoms with Crippen LogP contribution in [0.25, 0.3) is 0 Å². The van der Waals surface area contributed by atoms with Crippen LogP contribution in [0.2, 0.25) is 0 Å². The molecule has 1 aliphatic rings. The van der Waals surface area contributed by atoms with E-state index in [0.717, 1.165) is 11.1 Å². The van der Waals surface area contributed by atoms with Crippen LogP contribution in [0.5, 0.6) is 0 Å². The average molecular weight is 342 g/mol. The monoisotopic (exact) mass is 342 g/mol. The van der Waals surface area contributed by atoms with Crippen molar-refractivity contribution in [1.29, 1.82) is 0 Å². The van der Waals surface area contributed by atoms with Gasteiger partial charge < -0.3 is 16.4 Å². The Morgan fingerprint density at radius 3 is 2.60 bits per heavy atom. The second-order valence-electron chi connectivity index (χ2n) is 7.38. The van der Waals surface area contributed by atoms with Gasteiger partial charge in [0.25, 0.3) is 5.91 Å². The molecule has 0 aliphatic carbocycles. The van der Waals surface area contributed by atoms with Gasteiger partial charge in [-0.05, 0) is 46.8 Å². The Kier molecular flexibility index (Phi) is 5.30. The first kappa shape index (κ1) is 18.7. The topological polar surface area (TPSA) is 96.6 Å². The van der Waals surface area contributed by atoms with E-state index in [1.807, 2.05) is 39.8 Å². The molecular formula is C19H26N4O2. The fourth-order valence-electron chi connectivity index (χ4n) is 2.60. The first-order valence-corrected chi connectivity index (χ1v) is 8.30. The molecule has 1 aromatic rings. The second-order valence-corrected chi connectivity index (χ2v) is 7.38. The molecule has 0 aromatic heterocycles. The van der Waals surface area contributed by atoms with Crippen molar-refractivity contribution in [3.8, 4) is 0 Å². The summed E-state index contributed by atoms with van der Waals surface area (Å²) in [4.78, 5) is 29.4. The molecule has 1 aliphatic heterocycles. The molecule has 6 heteroatoms. The standard InChI is InChI=1S/C19H26N4O2/c1-11-7-6-8-13(9-11)17(24)21-15-10-14(12(2)20)16(22-18(15)25)23-19(3,4)5/h6-9,15H,10,20H2,1-5H3,(H,21,24)(H,22,23,25)/t15-/m0/s1. The van der Waals surface area contributed by atoms with Crippen molar-refractivity contribution in [1.82, 2.24) is 10.6 Å². The summed E-state index contributed by atoms with van der Waals surface area (Å²) in [7, 11) is 0. The predicted octanol–water partition coefficient (Wildman–Crippen LogP) is 2.04. The third-order valence-corrected chi connectivity index (χ3v) is 3.76. The SMILES string of the molecule is CC(N)=C1C[C@H](NC(=O)c2cccc(C)c2)C(=O)NC1=NC(C)(C)C. The molecule has 1 atom stereocenters. The Bertz CT molecular complexity index is 753. The van der Waals surface area contributed by atoms with Crippen molar-refractivity contribution in [3.05, 3.63) is 46.7 Å². The van der Waals surface area contributed by atoms with Crippen LogP contribution in [0, 0.1) is 6.92 Å². The van der Waals surface area contributed by atoms with Crippen LogP contribution in [0.1, 0.15) is 50.0 Å². The summed E-state index contributed by atoms with van der Waals surface area (Å²) in [5.41, 5.74) is 8.48. The first-order chi connectivity index (χ1) is 11.6. The number of piperidine rings is 1. The van der Waals surface area contributed by atoms with E-state index < -0.39 is 6.04 Å². The van der Waals surface area contributed by atoms with Crippen molar-refractivity contribution in [2.24, 2.45) is 10.7 Å². The van der Waals surface area contributed by atoms with Crippen molar-refractivity contribution in [2.45, 2.75) is 52.6 Å². The molecule has 6 nitrogen and oxygen atoms in total. The van der Waals surface area contributed by atoms with Gasteiger partial charge in [-0.3, -0.25) is 14.6 Å². The maximum atomic E-state index is 12.4. The summed E-state index contributed by atoms with van der Waals surface area (Å²) in [6.07, 6.45) is 0.320. The Hall–Kier alpha value is -2.63. The molecular weight excluding hydrogens is 316 g/mol. The van der Waals surface area contributed by atoms with E-state index in [-0.39, 0.29) is 17.4 Å². The van der Waals surface area contributed by atoms with Crippen LogP contribution in [-0.2, 0) is 4.79 Å². The van der Waals surface area contributed by atoms with Gasteiger partial charge in [-0.25, -0.2) is 0 Å². The number of allylic oxidation sites excluding steroid dienone is 1. The van der Waals surface area contributed by atoms with Crippen molar-refractivity contribution < 1.29 is 9.59 Å². The third-order valence-electron chi connectivity index (χ3n) is 3.76. The maximum Gasteiger partial charge on any atom is 0.251 e. The number of aliphatic imine (C=N–C) groups is 1.